The van der Waals surface area contributed by atoms with Crippen molar-refractivity contribution in [2.24, 2.45) is 0 Å². The van der Waals surface area contributed by atoms with Crippen molar-refractivity contribution in [1.82, 2.24) is 10.0 Å². The molecular formula is C17H20N2O7S. The molecule has 2 rings (SSSR count). The normalized spacial score (nSPS) is 13.6. The van der Waals surface area contributed by atoms with Gasteiger partial charge in [-0.05, 0) is 43.8 Å². The molecule has 27 heavy (non-hydrogen) atoms. The molecule has 0 spiro atoms. The number of benzene rings is 1. The highest BCUT2D eigenvalue weighted by molar-refractivity contribution is 7.89. The van der Waals surface area contributed by atoms with Gasteiger partial charge in [0, 0.05) is 0 Å². The van der Waals surface area contributed by atoms with E-state index >= 15 is 0 Å². The summed E-state index contributed by atoms with van der Waals surface area (Å²) >= 11 is 0. The molecule has 0 aliphatic rings. The third-order valence-corrected chi connectivity index (χ3v) is 5.23. The first kappa shape index (κ1) is 20.5. The van der Waals surface area contributed by atoms with Gasteiger partial charge in [-0.3, -0.25) is 9.59 Å². The van der Waals surface area contributed by atoms with Crippen molar-refractivity contribution in [3.63, 3.8) is 0 Å². The number of carboxylic acids is 1. The number of methoxy groups -OCH3 is 1. The number of nitrogens with one attached hydrogen (secondary N) is 2. The second-order valence-electron chi connectivity index (χ2n) is 5.91. The summed E-state index contributed by atoms with van der Waals surface area (Å²) in [5.41, 5.74) is -0.779. The van der Waals surface area contributed by atoms with E-state index in [0.29, 0.717) is 11.3 Å². The molecule has 1 atom stereocenters. The maximum atomic E-state index is 12.6. The van der Waals surface area contributed by atoms with Crippen molar-refractivity contribution in [3.05, 3.63) is 47.7 Å². The molecule has 2 aromatic rings. The van der Waals surface area contributed by atoms with E-state index in [2.05, 4.69) is 10.0 Å². The maximum absolute atomic E-state index is 12.6. The van der Waals surface area contributed by atoms with Gasteiger partial charge < -0.3 is 19.6 Å². The van der Waals surface area contributed by atoms with E-state index in [-0.39, 0.29) is 5.76 Å². The molecule has 0 aliphatic carbocycles. The Balaban J connectivity index is 2.35. The first-order chi connectivity index (χ1) is 12.6. The van der Waals surface area contributed by atoms with Crippen LogP contribution in [0.5, 0.6) is 5.75 Å². The molecule has 1 aromatic carbocycles. The third kappa shape index (κ3) is 4.66. The second kappa shape index (κ2) is 7.80. The molecule has 0 saturated heterocycles. The molecule has 1 unspecified atom stereocenters. The molecule has 1 amide bonds. The average molecular weight is 396 g/mol. The molecule has 9 nitrogen and oxygen atoms in total. The van der Waals surface area contributed by atoms with Gasteiger partial charge in [0.1, 0.15) is 5.75 Å². The molecule has 0 fully saturated rings. The van der Waals surface area contributed by atoms with Crippen LogP contribution in [0.2, 0.25) is 0 Å². The van der Waals surface area contributed by atoms with Gasteiger partial charge in [0.2, 0.25) is 5.09 Å². The van der Waals surface area contributed by atoms with E-state index in [9.17, 15) is 23.1 Å². The summed E-state index contributed by atoms with van der Waals surface area (Å²) in [6.45, 7) is 1.54. The zero-order valence-electron chi connectivity index (χ0n) is 15.0. The smallest absolute Gasteiger partial charge is 0.306 e. The number of amides is 1. The van der Waals surface area contributed by atoms with Gasteiger partial charge in [0.15, 0.2) is 5.76 Å². The Bertz CT molecular complexity index is 952. The summed E-state index contributed by atoms with van der Waals surface area (Å²) in [5.74, 6) is -1.64. The van der Waals surface area contributed by atoms with Crippen LogP contribution in [0.15, 0.2) is 45.9 Å². The summed E-state index contributed by atoms with van der Waals surface area (Å²) in [6.07, 6.45) is -0.408. The van der Waals surface area contributed by atoms with Gasteiger partial charge in [-0.1, -0.05) is 12.1 Å². The summed E-state index contributed by atoms with van der Waals surface area (Å²) in [6, 6.07) is 8.97. The molecule has 1 heterocycles. The second-order valence-corrected chi connectivity index (χ2v) is 7.73. The van der Waals surface area contributed by atoms with Crippen LogP contribution in [0, 0.1) is 0 Å². The Hall–Kier alpha value is -2.85. The van der Waals surface area contributed by atoms with E-state index in [0.717, 1.165) is 6.07 Å². The van der Waals surface area contributed by atoms with E-state index in [1.54, 1.807) is 31.2 Å². The van der Waals surface area contributed by atoms with Crippen molar-refractivity contribution >= 4 is 21.9 Å². The predicted molar refractivity (Wildman–Crippen MR) is 95.0 cm³/mol. The van der Waals surface area contributed by atoms with Gasteiger partial charge in [-0.15, -0.1) is 0 Å². The molecular weight excluding hydrogens is 376 g/mol. The number of ether oxygens (including phenoxy) is 1. The van der Waals surface area contributed by atoms with Gasteiger partial charge >= 0.3 is 5.97 Å². The van der Waals surface area contributed by atoms with E-state index in [1.165, 1.54) is 20.2 Å². The number of sulfonamides is 1. The Morgan fingerprint density at radius 3 is 2.56 bits per heavy atom. The first-order valence-electron chi connectivity index (χ1n) is 7.83. The maximum Gasteiger partial charge on any atom is 0.306 e. The van der Waals surface area contributed by atoms with Gasteiger partial charge in [0.05, 0.1) is 19.1 Å². The van der Waals surface area contributed by atoms with E-state index in [4.69, 9.17) is 9.15 Å². The van der Waals surface area contributed by atoms with Crippen LogP contribution < -0.4 is 14.8 Å². The lowest BCUT2D eigenvalue weighted by atomic mass is 9.88. The van der Waals surface area contributed by atoms with Crippen LogP contribution in [-0.4, -0.2) is 39.6 Å². The molecule has 0 aliphatic heterocycles. The van der Waals surface area contributed by atoms with Crippen LogP contribution in [0.1, 0.15) is 29.5 Å². The number of aliphatic carboxylic acids is 1. The Morgan fingerprint density at radius 2 is 1.96 bits per heavy atom. The van der Waals surface area contributed by atoms with Crippen molar-refractivity contribution < 1.29 is 32.3 Å². The average Bonchev–Trinajstić information content (AvgIpc) is 3.12. The minimum absolute atomic E-state index is 0.261. The fourth-order valence-corrected chi connectivity index (χ4v) is 3.13. The fourth-order valence-electron chi connectivity index (χ4n) is 2.49. The Morgan fingerprint density at radius 1 is 1.26 bits per heavy atom. The summed E-state index contributed by atoms with van der Waals surface area (Å²) < 4.78 is 35.8. The largest absolute Gasteiger partial charge is 0.497 e. The zero-order chi connectivity index (χ0) is 20.2. The summed E-state index contributed by atoms with van der Waals surface area (Å²) in [7, 11) is -1.16. The standard InChI is InChI=1S/C17H20N2O7S/c1-17(10-14(20)21,11-5-4-6-12(9-11)25-3)19-16(22)13-7-8-15(26-13)27(23,24)18-2/h4-9,18H,10H2,1-3H3,(H,19,22)(H,20,21). The lowest BCUT2D eigenvalue weighted by Gasteiger charge is -2.29. The number of hydrogen-bond donors (Lipinski definition) is 3. The molecule has 146 valence electrons. The zero-order valence-corrected chi connectivity index (χ0v) is 15.8. The van der Waals surface area contributed by atoms with E-state index < -0.39 is 39.0 Å². The van der Waals surface area contributed by atoms with Crippen molar-refractivity contribution in [2.45, 2.75) is 24.0 Å². The first-order valence-corrected chi connectivity index (χ1v) is 9.32. The van der Waals surface area contributed by atoms with Crippen LogP contribution >= 0.6 is 0 Å². The minimum Gasteiger partial charge on any atom is -0.497 e. The lowest BCUT2D eigenvalue weighted by Crippen LogP contribution is -2.45. The molecule has 0 radical (unpaired) electrons. The molecule has 10 heteroatoms. The molecule has 1 aromatic heterocycles. The monoisotopic (exact) mass is 396 g/mol. The number of hydrogen-bond acceptors (Lipinski definition) is 6. The van der Waals surface area contributed by atoms with Gasteiger partial charge in [-0.2, -0.15) is 0 Å². The highest BCUT2D eigenvalue weighted by atomic mass is 32.2. The SMILES string of the molecule is CNS(=O)(=O)c1ccc(C(=O)NC(C)(CC(=O)O)c2cccc(OC)c2)o1. The van der Waals surface area contributed by atoms with Crippen molar-refractivity contribution in [3.8, 4) is 5.75 Å². The van der Waals surface area contributed by atoms with Crippen LogP contribution in [0.25, 0.3) is 0 Å². The van der Waals surface area contributed by atoms with E-state index in [1.807, 2.05) is 0 Å². The van der Waals surface area contributed by atoms with Crippen LogP contribution in [-0.2, 0) is 20.4 Å². The topological polar surface area (TPSA) is 135 Å². The Kier molecular flexibility index (Phi) is 5.91. The number of rotatable bonds is 8. The molecule has 3 N–H and O–H groups in total. The fraction of sp³-hybridized carbons (Fsp3) is 0.294. The van der Waals surface area contributed by atoms with Crippen LogP contribution in [0.4, 0.5) is 0 Å². The van der Waals surface area contributed by atoms with Crippen molar-refractivity contribution in [1.29, 1.82) is 0 Å². The highest BCUT2D eigenvalue weighted by Gasteiger charge is 2.33. The lowest BCUT2D eigenvalue weighted by molar-refractivity contribution is -0.138. The number of furan rings is 1. The van der Waals surface area contributed by atoms with Gasteiger partial charge in [0.25, 0.3) is 15.9 Å². The third-order valence-electron chi connectivity index (χ3n) is 3.94. The predicted octanol–water partition coefficient (Wildman–Crippen LogP) is 1.32. The van der Waals surface area contributed by atoms with Crippen LogP contribution in [0.3, 0.4) is 0 Å². The summed E-state index contributed by atoms with van der Waals surface area (Å²) in [5, 5.41) is 11.5. The quantitative estimate of drug-likeness (QED) is 0.612. The number of carbonyl (C=O) groups excluding carboxylic acids is 1. The number of carbonyl (C=O) groups is 2. The Labute approximate surface area is 156 Å². The molecule has 0 bridgehead atoms. The minimum atomic E-state index is -3.84. The summed E-state index contributed by atoms with van der Waals surface area (Å²) in [4.78, 5) is 23.9. The van der Waals surface area contributed by atoms with Gasteiger partial charge in [-0.25, -0.2) is 13.1 Å². The van der Waals surface area contributed by atoms with Crippen molar-refractivity contribution in [2.75, 3.05) is 14.2 Å². The highest BCUT2D eigenvalue weighted by Crippen LogP contribution is 2.28. The number of carboxylic acid groups (broad SMARTS) is 1. The molecule has 0 saturated carbocycles.